The van der Waals surface area contributed by atoms with E-state index in [-0.39, 0.29) is 5.56 Å². The van der Waals surface area contributed by atoms with Crippen molar-refractivity contribution in [3.05, 3.63) is 29.6 Å². The average Bonchev–Trinajstić information content (AvgIpc) is 2.38. The summed E-state index contributed by atoms with van der Waals surface area (Å²) in [6, 6.07) is 7.12. The van der Waals surface area contributed by atoms with E-state index in [1.54, 1.807) is 12.1 Å². The molecule has 2 nitrogen and oxygen atoms in total. The molecule has 1 aliphatic carbocycles. The molecule has 1 saturated carbocycles. The molecule has 0 radical (unpaired) electrons. The molecule has 0 aliphatic heterocycles. The molecule has 0 aromatic heterocycles. The standard InChI is InChI=1S/C17H23FN2/c1-12(2)9-13-5-3-6-14(10-13)20-17-8-4-7-16(18)15(17)11-19/h4,7-8,12-14,20H,3,5-6,9-10H2,1-2H3. The Morgan fingerprint density at radius 3 is 2.90 bits per heavy atom. The molecule has 1 fully saturated rings. The van der Waals surface area contributed by atoms with Gasteiger partial charge in [-0.15, -0.1) is 0 Å². The minimum absolute atomic E-state index is 0.137. The lowest BCUT2D eigenvalue weighted by Crippen LogP contribution is -2.28. The summed E-state index contributed by atoms with van der Waals surface area (Å²) in [4.78, 5) is 0. The molecule has 1 aromatic carbocycles. The van der Waals surface area contributed by atoms with E-state index < -0.39 is 5.82 Å². The van der Waals surface area contributed by atoms with Crippen LogP contribution in [-0.2, 0) is 0 Å². The van der Waals surface area contributed by atoms with Gasteiger partial charge in [-0.2, -0.15) is 5.26 Å². The highest BCUT2D eigenvalue weighted by Crippen LogP contribution is 2.31. The first-order valence-corrected chi connectivity index (χ1v) is 7.55. The third-order valence-corrected chi connectivity index (χ3v) is 4.07. The fourth-order valence-electron chi connectivity index (χ4n) is 3.28. The molecule has 2 rings (SSSR count). The maximum absolute atomic E-state index is 13.6. The highest BCUT2D eigenvalue weighted by Gasteiger charge is 2.23. The smallest absolute Gasteiger partial charge is 0.143 e. The van der Waals surface area contributed by atoms with Gasteiger partial charge >= 0.3 is 0 Å². The lowest BCUT2D eigenvalue weighted by atomic mass is 9.81. The van der Waals surface area contributed by atoms with Crippen LogP contribution in [0.5, 0.6) is 0 Å². The Morgan fingerprint density at radius 1 is 1.40 bits per heavy atom. The first-order valence-electron chi connectivity index (χ1n) is 7.55. The molecule has 108 valence electrons. The third kappa shape index (κ3) is 3.72. The van der Waals surface area contributed by atoms with E-state index in [1.807, 2.05) is 6.07 Å². The third-order valence-electron chi connectivity index (χ3n) is 4.07. The minimum atomic E-state index is -0.438. The summed E-state index contributed by atoms with van der Waals surface area (Å²) in [6.07, 6.45) is 6.00. The summed E-state index contributed by atoms with van der Waals surface area (Å²) >= 11 is 0. The van der Waals surface area contributed by atoms with Gasteiger partial charge in [-0.3, -0.25) is 0 Å². The number of benzene rings is 1. The number of nitriles is 1. The van der Waals surface area contributed by atoms with Gasteiger partial charge in [0, 0.05) is 6.04 Å². The van der Waals surface area contributed by atoms with Crippen LogP contribution in [0.4, 0.5) is 10.1 Å². The molecular formula is C17H23FN2. The Balaban J connectivity index is 2.03. The van der Waals surface area contributed by atoms with Crippen molar-refractivity contribution in [2.45, 2.75) is 52.0 Å². The summed E-state index contributed by atoms with van der Waals surface area (Å²) in [7, 11) is 0. The van der Waals surface area contributed by atoms with E-state index in [2.05, 4.69) is 19.2 Å². The number of hydrogen-bond acceptors (Lipinski definition) is 2. The fraction of sp³-hybridized carbons (Fsp3) is 0.588. The van der Waals surface area contributed by atoms with Crippen molar-refractivity contribution in [1.82, 2.24) is 0 Å². The van der Waals surface area contributed by atoms with E-state index in [0.29, 0.717) is 11.7 Å². The second kappa shape index (κ2) is 6.74. The van der Waals surface area contributed by atoms with Gasteiger partial charge in [0.05, 0.1) is 5.69 Å². The van der Waals surface area contributed by atoms with Crippen molar-refractivity contribution < 1.29 is 4.39 Å². The molecule has 20 heavy (non-hydrogen) atoms. The Morgan fingerprint density at radius 2 is 2.20 bits per heavy atom. The lowest BCUT2D eigenvalue weighted by Gasteiger charge is -2.31. The van der Waals surface area contributed by atoms with Crippen molar-refractivity contribution >= 4 is 5.69 Å². The average molecular weight is 274 g/mol. The molecule has 0 amide bonds. The normalized spacial score (nSPS) is 22.6. The largest absolute Gasteiger partial charge is 0.381 e. The van der Waals surface area contributed by atoms with Crippen molar-refractivity contribution in [2.75, 3.05) is 5.32 Å². The summed E-state index contributed by atoms with van der Waals surface area (Å²) in [5.41, 5.74) is 0.779. The molecule has 0 heterocycles. The minimum Gasteiger partial charge on any atom is -0.381 e. The molecule has 1 N–H and O–H groups in total. The summed E-state index contributed by atoms with van der Waals surface area (Å²) in [5.74, 6) is 1.04. The number of hydrogen-bond donors (Lipinski definition) is 1. The Bertz CT molecular complexity index is 490. The second-order valence-electron chi connectivity index (χ2n) is 6.28. The molecule has 0 saturated heterocycles. The summed E-state index contributed by atoms with van der Waals surface area (Å²) in [5, 5.41) is 12.5. The molecule has 0 bridgehead atoms. The van der Waals surface area contributed by atoms with Crippen LogP contribution < -0.4 is 5.32 Å². The monoisotopic (exact) mass is 274 g/mol. The first kappa shape index (κ1) is 14.8. The van der Waals surface area contributed by atoms with Gasteiger partial charge in [0.1, 0.15) is 17.4 Å². The van der Waals surface area contributed by atoms with Gasteiger partial charge in [0.15, 0.2) is 0 Å². The molecular weight excluding hydrogens is 251 g/mol. The first-order chi connectivity index (χ1) is 9.60. The van der Waals surface area contributed by atoms with Crippen LogP contribution in [0, 0.1) is 29.0 Å². The second-order valence-corrected chi connectivity index (χ2v) is 6.28. The van der Waals surface area contributed by atoms with Crippen molar-refractivity contribution in [2.24, 2.45) is 11.8 Å². The van der Waals surface area contributed by atoms with Crippen molar-refractivity contribution in [1.29, 1.82) is 5.26 Å². The van der Waals surface area contributed by atoms with Crippen LogP contribution in [-0.4, -0.2) is 6.04 Å². The van der Waals surface area contributed by atoms with Crippen LogP contribution in [0.25, 0.3) is 0 Å². The van der Waals surface area contributed by atoms with Crippen LogP contribution >= 0.6 is 0 Å². The molecule has 2 atom stereocenters. The van der Waals surface area contributed by atoms with Gasteiger partial charge < -0.3 is 5.32 Å². The predicted molar refractivity (Wildman–Crippen MR) is 79.9 cm³/mol. The van der Waals surface area contributed by atoms with Gasteiger partial charge in [-0.1, -0.05) is 32.8 Å². The predicted octanol–water partition coefficient (Wildman–Crippen LogP) is 4.71. The molecule has 0 spiro atoms. The van der Waals surface area contributed by atoms with Crippen molar-refractivity contribution in [3.8, 4) is 6.07 Å². The SMILES string of the molecule is CC(C)CC1CCCC(Nc2cccc(F)c2C#N)C1. The number of nitrogens with zero attached hydrogens (tertiary/aromatic N) is 1. The number of anilines is 1. The zero-order valence-corrected chi connectivity index (χ0v) is 12.3. The zero-order valence-electron chi connectivity index (χ0n) is 12.3. The highest BCUT2D eigenvalue weighted by molar-refractivity contribution is 5.58. The van der Waals surface area contributed by atoms with Gasteiger partial charge in [-0.05, 0) is 43.2 Å². The van der Waals surface area contributed by atoms with E-state index in [9.17, 15) is 4.39 Å². The molecule has 2 unspecified atom stereocenters. The zero-order chi connectivity index (χ0) is 14.5. The van der Waals surface area contributed by atoms with Crippen LogP contribution in [0.15, 0.2) is 18.2 Å². The molecule has 1 aliphatic rings. The highest BCUT2D eigenvalue weighted by atomic mass is 19.1. The van der Waals surface area contributed by atoms with Crippen molar-refractivity contribution in [3.63, 3.8) is 0 Å². The van der Waals surface area contributed by atoms with Gasteiger partial charge in [0.25, 0.3) is 0 Å². The van der Waals surface area contributed by atoms with Crippen LogP contribution in [0.3, 0.4) is 0 Å². The Kier molecular flexibility index (Phi) is 5.00. The topological polar surface area (TPSA) is 35.8 Å². The molecule has 1 aromatic rings. The summed E-state index contributed by atoms with van der Waals surface area (Å²) in [6.45, 7) is 4.52. The maximum Gasteiger partial charge on any atom is 0.143 e. The Hall–Kier alpha value is -1.56. The van der Waals surface area contributed by atoms with E-state index >= 15 is 0 Å². The van der Waals surface area contributed by atoms with E-state index in [1.165, 1.54) is 25.3 Å². The van der Waals surface area contributed by atoms with Gasteiger partial charge in [-0.25, -0.2) is 4.39 Å². The van der Waals surface area contributed by atoms with E-state index in [4.69, 9.17) is 5.26 Å². The van der Waals surface area contributed by atoms with Crippen LogP contribution in [0.2, 0.25) is 0 Å². The maximum atomic E-state index is 13.6. The molecule has 3 heteroatoms. The fourth-order valence-corrected chi connectivity index (χ4v) is 3.28. The van der Waals surface area contributed by atoms with Crippen LogP contribution in [0.1, 0.15) is 51.5 Å². The Labute approximate surface area is 121 Å². The van der Waals surface area contributed by atoms with E-state index in [0.717, 1.165) is 24.7 Å². The lowest BCUT2D eigenvalue weighted by molar-refractivity contribution is 0.289. The number of nitrogens with one attached hydrogen (secondary N) is 1. The van der Waals surface area contributed by atoms with Gasteiger partial charge in [0.2, 0.25) is 0 Å². The quantitative estimate of drug-likeness (QED) is 0.862. The summed E-state index contributed by atoms with van der Waals surface area (Å²) < 4.78 is 13.6. The number of rotatable bonds is 4. The number of halogens is 1.